The van der Waals surface area contributed by atoms with Crippen molar-refractivity contribution in [2.75, 3.05) is 0 Å². The van der Waals surface area contributed by atoms with Crippen LogP contribution < -0.4 is 5.32 Å². The number of aromatic nitrogens is 3. The maximum atomic E-state index is 4.25. The van der Waals surface area contributed by atoms with Crippen LogP contribution in [0.4, 0.5) is 0 Å². The Morgan fingerprint density at radius 1 is 1.40 bits per heavy atom. The lowest BCUT2D eigenvalue weighted by atomic mass is 10.3. The van der Waals surface area contributed by atoms with Gasteiger partial charge in [-0.05, 0) is 39.6 Å². The predicted octanol–water partition coefficient (Wildman–Crippen LogP) is 1.99. The highest BCUT2D eigenvalue weighted by molar-refractivity contribution is 9.10. The first-order valence-corrected chi connectivity index (χ1v) is 6.05. The van der Waals surface area contributed by atoms with Crippen LogP contribution in [0, 0.1) is 0 Å². The van der Waals surface area contributed by atoms with Crippen molar-refractivity contribution in [3.05, 3.63) is 39.6 Å². The average molecular weight is 285 g/mol. The zero-order chi connectivity index (χ0) is 10.5. The van der Waals surface area contributed by atoms with Crippen molar-refractivity contribution in [3.63, 3.8) is 0 Å². The van der Waals surface area contributed by atoms with E-state index in [1.165, 1.54) is 11.5 Å². The molecule has 0 amide bonds. The van der Waals surface area contributed by atoms with Crippen LogP contribution in [-0.4, -0.2) is 14.6 Å². The van der Waals surface area contributed by atoms with Gasteiger partial charge >= 0.3 is 0 Å². The molecule has 15 heavy (non-hydrogen) atoms. The molecule has 0 radical (unpaired) electrons. The molecule has 0 atom stereocenters. The number of halogens is 1. The third kappa shape index (κ3) is 3.05. The molecular formula is C9H9BrN4S. The van der Waals surface area contributed by atoms with Crippen molar-refractivity contribution in [2.45, 2.75) is 13.1 Å². The molecule has 2 rings (SSSR count). The summed E-state index contributed by atoms with van der Waals surface area (Å²) in [5.74, 6) is 0. The molecule has 0 aliphatic rings. The summed E-state index contributed by atoms with van der Waals surface area (Å²) in [6.07, 6.45) is 1.78. The van der Waals surface area contributed by atoms with Gasteiger partial charge in [0.2, 0.25) is 0 Å². The Balaban J connectivity index is 1.86. The molecule has 0 saturated heterocycles. The normalized spacial score (nSPS) is 10.5. The molecule has 2 aromatic rings. The Hall–Kier alpha value is -0.850. The molecule has 0 unspecified atom stereocenters. The molecule has 0 saturated carbocycles. The molecule has 4 nitrogen and oxygen atoms in total. The van der Waals surface area contributed by atoms with Crippen LogP contribution in [0.25, 0.3) is 0 Å². The van der Waals surface area contributed by atoms with Crippen molar-refractivity contribution in [1.29, 1.82) is 0 Å². The van der Waals surface area contributed by atoms with Crippen LogP contribution in [0.15, 0.2) is 28.2 Å². The fourth-order valence-electron chi connectivity index (χ4n) is 1.12. The molecule has 0 spiro atoms. The summed E-state index contributed by atoms with van der Waals surface area (Å²) < 4.78 is 4.81. The standard InChI is InChI=1S/C9H9BrN4S/c10-8-2-1-3-12-9(8)5-11-4-7-6-15-14-13-7/h1-3,6,11H,4-5H2. The van der Waals surface area contributed by atoms with Crippen LogP contribution >= 0.6 is 27.5 Å². The van der Waals surface area contributed by atoms with Gasteiger partial charge in [-0.15, -0.1) is 5.10 Å². The molecule has 0 aliphatic heterocycles. The van der Waals surface area contributed by atoms with Crippen molar-refractivity contribution < 1.29 is 0 Å². The Morgan fingerprint density at radius 3 is 3.07 bits per heavy atom. The van der Waals surface area contributed by atoms with E-state index in [-0.39, 0.29) is 0 Å². The molecule has 2 heterocycles. The largest absolute Gasteiger partial charge is 0.305 e. The Kier molecular flexibility index (Phi) is 3.76. The van der Waals surface area contributed by atoms with Gasteiger partial charge in [-0.25, -0.2) is 0 Å². The lowest BCUT2D eigenvalue weighted by Gasteiger charge is -2.03. The molecule has 1 N–H and O–H groups in total. The van der Waals surface area contributed by atoms with Crippen molar-refractivity contribution in [3.8, 4) is 0 Å². The van der Waals surface area contributed by atoms with E-state index in [0.29, 0.717) is 0 Å². The van der Waals surface area contributed by atoms with E-state index in [0.717, 1.165) is 29.0 Å². The minimum Gasteiger partial charge on any atom is -0.305 e. The van der Waals surface area contributed by atoms with E-state index in [1.807, 2.05) is 17.5 Å². The summed E-state index contributed by atoms with van der Waals surface area (Å²) in [7, 11) is 0. The zero-order valence-electron chi connectivity index (χ0n) is 7.85. The van der Waals surface area contributed by atoms with Gasteiger partial charge in [0, 0.05) is 29.1 Å². The first kappa shape index (κ1) is 10.7. The lowest BCUT2D eigenvalue weighted by molar-refractivity contribution is 0.663. The first-order valence-electron chi connectivity index (χ1n) is 4.42. The summed E-state index contributed by atoms with van der Waals surface area (Å²) in [6, 6.07) is 3.88. The van der Waals surface area contributed by atoms with E-state index < -0.39 is 0 Å². The van der Waals surface area contributed by atoms with E-state index >= 15 is 0 Å². The van der Waals surface area contributed by atoms with Gasteiger partial charge in [-0.3, -0.25) is 4.98 Å². The summed E-state index contributed by atoms with van der Waals surface area (Å²) >= 11 is 4.81. The second-order valence-electron chi connectivity index (χ2n) is 2.93. The second kappa shape index (κ2) is 5.29. The Morgan fingerprint density at radius 2 is 2.33 bits per heavy atom. The lowest BCUT2D eigenvalue weighted by Crippen LogP contribution is -2.14. The molecule has 0 fully saturated rings. The molecule has 0 aromatic carbocycles. The van der Waals surface area contributed by atoms with Crippen molar-refractivity contribution in [1.82, 2.24) is 19.9 Å². The van der Waals surface area contributed by atoms with Gasteiger partial charge in [0.15, 0.2) is 0 Å². The van der Waals surface area contributed by atoms with E-state index in [4.69, 9.17) is 0 Å². The van der Waals surface area contributed by atoms with Crippen LogP contribution in [0.2, 0.25) is 0 Å². The third-order valence-electron chi connectivity index (χ3n) is 1.84. The van der Waals surface area contributed by atoms with E-state index in [9.17, 15) is 0 Å². The van der Waals surface area contributed by atoms with Crippen molar-refractivity contribution in [2.24, 2.45) is 0 Å². The highest BCUT2D eigenvalue weighted by Crippen LogP contribution is 2.12. The number of nitrogens with zero attached hydrogens (tertiary/aromatic N) is 3. The second-order valence-corrected chi connectivity index (χ2v) is 4.40. The third-order valence-corrected chi connectivity index (χ3v) is 3.11. The number of rotatable bonds is 4. The summed E-state index contributed by atoms with van der Waals surface area (Å²) in [5.41, 5.74) is 1.97. The van der Waals surface area contributed by atoms with Crippen molar-refractivity contribution >= 4 is 27.5 Å². The van der Waals surface area contributed by atoms with Crippen LogP contribution in [0.3, 0.4) is 0 Å². The zero-order valence-corrected chi connectivity index (χ0v) is 10.3. The molecule has 78 valence electrons. The number of nitrogens with one attached hydrogen (secondary N) is 1. The summed E-state index contributed by atoms with van der Waals surface area (Å²) in [5, 5.41) is 9.13. The predicted molar refractivity (Wildman–Crippen MR) is 62.4 cm³/mol. The average Bonchev–Trinajstić information content (AvgIpc) is 2.74. The number of pyridine rings is 1. The SMILES string of the molecule is Brc1cccnc1CNCc1csnn1. The quantitative estimate of drug-likeness (QED) is 0.933. The monoisotopic (exact) mass is 284 g/mol. The fraction of sp³-hybridized carbons (Fsp3) is 0.222. The number of hydrogen-bond donors (Lipinski definition) is 1. The highest BCUT2D eigenvalue weighted by atomic mass is 79.9. The topological polar surface area (TPSA) is 50.7 Å². The summed E-state index contributed by atoms with van der Waals surface area (Å²) in [4.78, 5) is 4.25. The summed E-state index contributed by atoms with van der Waals surface area (Å²) in [6.45, 7) is 1.44. The minimum absolute atomic E-state index is 0.721. The van der Waals surface area contributed by atoms with Crippen LogP contribution in [0.5, 0.6) is 0 Å². The maximum Gasteiger partial charge on any atom is 0.0893 e. The molecule has 0 aliphatic carbocycles. The minimum atomic E-state index is 0.721. The number of hydrogen-bond acceptors (Lipinski definition) is 5. The highest BCUT2D eigenvalue weighted by Gasteiger charge is 2.00. The van der Waals surface area contributed by atoms with Gasteiger partial charge in [0.25, 0.3) is 0 Å². The van der Waals surface area contributed by atoms with Gasteiger partial charge in [-0.2, -0.15) is 0 Å². The molecule has 0 bridgehead atoms. The van der Waals surface area contributed by atoms with Gasteiger partial charge in [0.05, 0.1) is 11.4 Å². The maximum absolute atomic E-state index is 4.25. The van der Waals surface area contributed by atoms with E-state index in [1.54, 1.807) is 6.20 Å². The molecule has 6 heteroatoms. The smallest absolute Gasteiger partial charge is 0.0893 e. The van der Waals surface area contributed by atoms with Gasteiger partial charge in [0.1, 0.15) is 0 Å². The molecule has 2 aromatic heterocycles. The Bertz CT molecular complexity index is 418. The van der Waals surface area contributed by atoms with E-state index in [2.05, 4.69) is 35.8 Å². The first-order chi connectivity index (χ1) is 7.36. The van der Waals surface area contributed by atoms with Crippen LogP contribution in [-0.2, 0) is 13.1 Å². The molecular weight excluding hydrogens is 276 g/mol. The van der Waals surface area contributed by atoms with Crippen LogP contribution in [0.1, 0.15) is 11.4 Å². The van der Waals surface area contributed by atoms with Gasteiger partial charge < -0.3 is 5.32 Å². The fourth-order valence-corrected chi connectivity index (χ4v) is 1.96. The Labute approximate surface area is 100 Å². The van der Waals surface area contributed by atoms with Gasteiger partial charge in [-0.1, -0.05) is 4.49 Å².